The lowest BCUT2D eigenvalue weighted by Crippen LogP contribution is -2.08. The van der Waals surface area contributed by atoms with Crippen LogP contribution >= 0.6 is 21.7 Å². The van der Waals surface area contributed by atoms with Crippen molar-refractivity contribution in [3.63, 3.8) is 0 Å². The summed E-state index contributed by atoms with van der Waals surface area (Å²) in [6.45, 7) is 0. The average Bonchev–Trinajstić information content (AvgIpc) is 2.05. The van der Waals surface area contributed by atoms with Gasteiger partial charge in [0.25, 0.3) is 0 Å². The van der Waals surface area contributed by atoms with E-state index in [1.54, 1.807) is 0 Å². The van der Waals surface area contributed by atoms with E-state index < -0.39 is 0 Å². The molecule has 0 spiro atoms. The zero-order valence-electron chi connectivity index (χ0n) is 5.78. The second-order valence-corrected chi connectivity index (χ2v) is 2.68. The summed E-state index contributed by atoms with van der Waals surface area (Å²) in [4.78, 5) is 0.403. The highest BCUT2D eigenvalue weighted by atomic mass is 32.1. The molecule has 0 aliphatic heterocycles. The molecule has 0 amide bonds. The summed E-state index contributed by atoms with van der Waals surface area (Å²) in [5.74, 6) is 0.773. The van der Waals surface area contributed by atoms with Gasteiger partial charge in [0, 0.05) is 5.56 Å². The Labute approximate surface area is 73.0 Å². The topological polar surface area (TPSA) is 35.2 Å². The lowest BCUT2D eigenvalue weighted by molar-refractivity contribution is 0.646. The molecule has 1 aromatic carbocycles. The Balaban J connectivity index is 2.91. The lowest BCUT2D eigenvalue weighted by Gasteiger charge is -1.99. The molecule has 1 unspecified atom stereocenters. The number of rotatable bonds is 2. The molecule has 11 heavy (non-hydrogen) atoms. The van der Waals surface area contributed by atoms with Gasteiger partial charge >= 0.3 is 0 Å². The zero-order valence-corrected chi connectivity index (χ0v) is 7.75. The molecule has 0 aliphatic rings. The fraction of sp³-hybridized carbons (Fsp3) is 0. The first-order valence-corrected chi connectivity index (χ1v) is 3.88. The molecule has 0 saturated carbocycles. The summed E-state index contributed by atoms with van der Waals surface area (Å²) in [6.07, 6.45) is 0. The van der Waals surface area contributed by atoms with E-state index in [9.17, 15) is 0 Å². The Hall–Kier alpha value is -0.660. The molecule has 58 valence electrons. The van der Waals surface area contributed by atoms with Gasteiger partial charge in [-0.05, 0) is 24.3 Å². The first-order valence-electron chi connectivity index (χ1n) is 3.00. The van der Waals surface area contributed by atoms with Gasteiger partial charge in [0.1, 0.15) is 10.7 Å². The maximum absolute atomic E-state index is 5.39. The quantitative estimate of drug-likeness (QED) is 0.560. The second kappa shape index (κ2) is 3.65. The minimum atomic E-state index is 0.403. The maximum Gasteiger partial charge on any atom is 0.122 e. The van der Waals surface area contributed by atoms with Gasteiger partial charge in [-0.3, -0.25) is 0 Å². The van der Waals surface area contributed by atoms with E-state index in [1.165, 1.54) is 0 Å². The van der Waals surface area contributed by atoms with Gasteiger partial charge in [0.2, 0.25) is 0 Å². The zero-order chi connectivity index (χ0) is 8.27. The van der Waals surface area contributed by atoms with Gasteiger partial charge in [0.05, 0.1) is 9.47 Å². The highest BCUT2D eigenvalue weighted by Gasteiger charge is 1.94. The molecule has 0 saturated heterocycles. The molecule has 1 rings (SSSR count). The number of hydrogen-bond donors (Lipinski definition) is 1. The summed E-state index contributed by atoms with van der Waals surface area (Å²) in [6, 6.07) is 7.26. The summed E-state index contributed by atoms with van der Waals surface area (Å²) in [5, 5.41) is 0. The molecule has 0 fully saturated rings. The Morgan fingerprint density at radius 2 is 1.91 bits per heavy atom. The molecule has 0 heterocycles. The smallest absolute Gasteiger partial charge is 0.122 e. The van der Waals surface area contributed by atoms with Gasteiger partial charge in [-0.15, -0.1) is 0 Å². The van der Waals surface area contributed by atoms with Gasteiger partial charge in [-0.1, -0.05) is 12.2 Å². The largest absolute Gasteiger partial charge is 0.480 e. The van der Waals surface area contributed by atoms with Crippen molar-refractivity contribution < 1.29 is 4.52 Å². The van der Waals surface area contributed by atoms with E-state index in [2.05, 4.69) is 9.47 Å². The average molecular weight is 185 g/mol. The summed E-state index contributed by atoms with van der Waals surface area (Å²) >= 11 is 4.77. The third-order valence-electron chi connectivity index (χ3n) is 1.27. The minimum Gasteiger partial charge on any atom is -0.480 e. The number of hydrogen-bond acceptors (Lipinski definition) is 2. The molecule has 4 heteroatoms. The standard InChI is InChI=1S/C7H8NOPS/c8-7(11)5-1-3-6(9-10)4-2-5/h1-4H,10H2,(H2,8,11). The Morgan fingerprint density at radius 3 is 2.27 bits per heavy atom. The first kappa shape index (κ1) is 8.44. The van der Waals surface area contributed by atoms with Crippen LogP contribution in [0.25, 0.3) is 0 Å². The molecule has 2 N–H and O–H groups in total. The van der Waals surface area contributed by atoms with Crippen molar-refractivity contribution in [1.82, 2.24) is 0 Å². The summed E-state index contributed by atoms with van der Waals surface area (Å²) < 4.78 is 4.88. The number of nitrogens with two attached hydrogens (primary N) is 1. The highest BCUT2D eigenvalue weighted by Crippen LogP contribution is 2.13. The Kier molecular flexibility index (Phi) is 2.80. The third kappa shape index (κ3) is 2.14. The van der Waals surface area contributed by atoms with Crippen LogP contribution in [-0.4, -0.2) is 4.99 Å². The van der Waals surface area contributed by atoms with Crippen LogP contribution in [0, 0.1) is 0 Å². The lowest BCUT2D eigenvalue weighted by atomic mass is 10.2. The van der Waals surface area contributed by atoms with E-state index in [0.717, 1.165) is 11.3 Å². The Bertz CT molecular complexity index is 260. The fourth-order valence-electron chi connectivity index (χ4n) is 0.698. The molecular weight excluding hydrogens is 177 g/mol. The molecule has 0 bridgehead atoms. The number of benzene rings is 1. The SMILES string of the molecule is NC(=S)c1ccc(OP)cc1. The van der Waals surface area contributed by atoms with Crippen LogP contribution < -0.4 is 10.3 Å². The van der Waals surface area contributed by atoms with Crippen molar-refractivity contribution in [2.75, 3.05) is 0 Å². The minimum absolute atomic E-state index is 0.403. The van der Waals surface area contributed by atoms with Crippen molar-refractivity contribution in [3.8, 4) is 5.75 Å². The number of thiocarbonyl (C=S) groups is 1. The van der Waals surface area contributed by atoms with E-state index in [4.69, 9.17) is 22.5 Å². The normalized spacial score (nSPS) is 9.18. The van der Waals surface area contributed by atoms with Crippen molar-refractivity contribution >= 4 is 26.7 Å². The van der Waals surface area contributed by atoms with Crippen LogP contribution in [0.5, 0.6) is 5.75 Å². The summed E-state index contributed by atoms with van der Waals surface area (Å²) in [7, 11) is 2.17. The Morgan fingerprint density at radius 1 is 1.36 bits per heavy atom. The van der Waals surface area contributed by atoms with E-state index in [-0.39, 0.29) is 0 Å². The van der Waals surface area contributed by atoms with Crippen molar-refractivity contribution in [3.05, 3.63) is 29.8 Å². The molecule has 1 aromatic rings. The molecule has 0 aliphatic carbocycles. The molecule has 0 radical (unpaired) electrons. The van der Waals surface area contributed by atoms with Gasteiger partial charge < -0.3 is 10.3 Å². The third-order valence-corrected chi connectivity index (χ3v) is 1.78. The predicted molar refractivity (Wildman–Crippen MR) is 52.7 cm³/mol. The van der Waals surface area contributed by atoms with Crippen molar-refractivity contribution in [2.24, 2.45) is 5.73 Å². The molecule has 2 nitrogen and oxygen atoms in total. The van der Waals surface area contributed by atoms with Gasteiger partial charge in [-0.25, -0.2) is 0 Å². The highest BCUT2D eigenvalue weighted by molar-refractivity contribution is 7.80. The molecular formula is C7H8NOPS. The fourth-order valence-corrected chi connectivity index (χ4v) is 0.991. The van der Waals surface area contributed by atoms with E-state index in [0.29, 0.717) is 4.99 Å². The van der Waals surface area contributed by atoms with Crippen molar-refractivity contribution in [1.29, 1.82) is 0 Å². The van der Waals surface area contributed by atoms with Crippen molar-refractivity contribution in [2.45, 2.75) is 0 Å². The van der Waals surface area contributed by atoms with Crippen LogP contribution in [0.2, 0.25) is 0 Å². The molecule has 1 atom stereocenters. The van der Waals surface area contributed by atoms with Gasteiger partial charge in [0.15, 0.2) is 0 Å². The monoisotopic (exact) mass is 185 g/mol. The van der Waals surface area contributed by atoms with Crippen LogP contribution in [0.1, 0.15) is 5.56 Å². The van der Waals surface area contributed by atoms with Gasteiger partial charge in [-0.2, -0.15) is 0 Å². The predicted octanol–water partition coefficient (Wildman–Crippen LogP) is 1.49. The molecule has 0 aromatic heterocycles. The van der Waals surface area contributed by atoms with Crippen LogP contribution in [0.15, 0.2) is 24.3 Å². The maximum atomic E-state index is 5.39. The van der Waals surface area contributed by atoms with Crippen LogP contribution in [0.4, 0.5) is 0 Å². The first-order chi connectivity index (χ1) is 5.24. The van der Waals surface area contributed by atoms with Crippen LogP contribution in [0.3, 0.4) is 0 Å². The second-order valence-electron chi connectivity index (χ2n) is 2.01. The summed E-state index contributed by atoms with van der Waals surface area (Å²) in [5.41, 5.74) is 6.24. The van der Waals surface area contributed by atoms with E-state index in [1.807, 2.05) is 24.3 Å². The van der Waals surface area contributed by atoms with E-state index >= 15 is 0 Å². The van der Waals surface area contributed by atoms with Crippen LogP contribution in [-0.2, 0) is 0 Å².